The molecule has 2 aliphatic rings. The van der Waals surface area contributed by atoms with Crippen LogP contribution in [0.25, 0.3) is 0 Å². The summed E-state index contributed by atoms with van der Waals surface area (Å²) in [6.45, 7) is 5.88. The molecule has 20 heteroatoms. The van der Waals surface area contributed by atoms with Gasteiger partial charge in [-0.2, -0.15) is 0 Å². The highest BCUT2D eigenvalue weighted by Gasteiger charge is 2.59. The summed E-state index contributed by atoms with van der Waals surface area (Å²) in [5.41, 5.74) is 2.67. The van der Waals surface area contributed by atoms with Gasteiger partial charge in [0.1, 0.15) is 32.1 Å². The van der Waals surface area contributed by atoms with Crippen LogP contribution in [-0.2, 0) is 45.5 Å². The summed E-state index contributed by atoms with van der Waals surface area (Å²) < 4.78 is 62.4. The number of nitro benzene ring substituents is 1. The predicted molar refractivity (Wildman–Crippen MR) is 334 cm³/mol. The molecule has 2 aliphatic heterocycles. The smallest absolute Gasteiger partial charge is 0.362 e. The van der Waals surface area contributed by atoms with Gasteiger partial charge in [-0.3, -0.25) is 34.2 Å². The van der Waals surface area contributed by atoms with Gasteiger partial charge in [-0.15, -0.1) is 0 Å². The maximum atomic E-state index is 16.6. The number of non-ortho nitro benzene ring substituents is 1. The molecule has 0 radical (unpaired) electrons. The number of unbranched alkanes of at least 4 members (excludes halogenated alkanes) is 1. The molecule has 3 amide bonds. The molecule has 2 heterocycles. The van der Waals surface area contributed by atoms with Crippen molar-refractivity contribution in [2.45, 2.75) is 78.9 Å². The Morgan fingerprint density at radius 2 is 1.11 bits per heavy atom. The van der Waals surface area contributed by atoms with Crippen molar-refractivity contribution in [1.82, 2.24) is 20.0 Å². The molecule has 472 valence electrons. The van der Waals surface area contributed by atoms with Gasteiger partial charge in [0.05, 0.1) is 40.1 Å². The largest absolute Gasteiger partial charge is 0.485 e. The van der Waals surface area contributed by atoms with E-state index >= 15 is 8.78 Å². The number of fused-ring (bicyclic) bond motifs is 1. The van der Waals surface area contributed by atoms with Gasteiger partial charge in [0.25, 0.3) is 11.6 Å². The van der Waals surface area contributed by atoms with E-state index in [1.165, 1.54) is 29.2 Å². The third-order valence-corrected chi connectivity index (χ3v) is 16.0. The number of halogens is 2. The summed E-state index contributed by atoms with van der Waals surface area (Å²) in [5, 5.41) is 14.0. The van der Waals surface area contributed by atoms with E-state index in [9.17, 15) is 38.9 Å². The first-order chi connectivity index (χ1) is 44.0. The van der Waals surface area contributed by atoms with Gasteiger partial charge in [-0.05, 0) is 96.5 Å². The second-order valence-corrected chi connectivity index (χ2v) is 22.8. The molecule has 0 saturated carbocycles. The van der Waals surface area contributed by atoms with Crippen molar-refractivity contribution in [2.24, 2.45) is 17.8 Å². The van der Waals surface area contributed by atoms with Gasteiger partial charge in [-0.25, -0.2) is 18.4 Å². The monoisotopic (exact) mass is 1240 g/mol. The van der Waals surface area contributed by atoms with Crippen molar-refractivity contribution in [3.63, 3.8) is 0 Å². The standard InChI is InChI=1S/C71H71F2N5O13/c1-46(2)61-64-47(3)56(65(77(64)69(61)82)71(84)91-70(83)52-29-31-53(32-30-52)78(85)86)40-75(4)41-60(80)76(38-18-17-28-57(79)54-33-35-58(87-42-48-20-9-5-10-21-48)66(62(54)72)89-44-50-24-13-7-14-25-50)39-19-37-74-68(81)55-34-36-59(88-43-49-22-11-6-12-23-49)67(63(55)73)90-45-51-26-15-8-16-27-51/h5-16,20-27,29-36,46-47,61,64H,17-19,28,37-45H2,1-4H3,(H,74,81)/t47-,61+,64+/m0/s1. The number of β-lactam (4-membered cyclic amide) rings is 1. The number of amides is 3. The molecular formula is C71H71F2N5O13. The fourth-order valence-corrected chi connectivity index (χ4v) is 11.2. The lowest BCUT2D eigenvalue weighted by Crippen LogP contribution is -2.62. The van der Waals surface area contributed by atoms with Crippen LogP contribution in [0.5, 0.6) is 23.0 Å². The number of nitrogens with one attached hydrogen (secondary N) is 1. The number of carbonyl (C=O) groups is 6. The molecule has 0 aromatic heterocycles. The van der Waals surface area contributed by atoms with Crippen LogP contribution >= 0.6 is 0 Å². The summed E-state index contributed by atoms with van der Waals surface area (Å²) in [5.74, 6) is -7.07. The van der Waals surface area contributed by atoms with Crippen molar-refractivity contribution >= 4 is 41.1 Å². The van der Waals surface area contributed by atoms with Crippen LogP contribution in [0.2, 0.25) is 0 Å². The number of likely N-dealkylation sites (N-methyl/N-ethyl adjacent to an activating group) is 1. The molecule has 9 rings (SSSR count). The van der Waals surface area contributed by atoms with Gasteiger partial charge in [0.2, 0.25) is 11.8 Å². The number of nitro groups is 1. The lowest BCUT2D eigenvalue weighted by Gasteiger charge is -2.47. The number of rotatable bonds is 31. The van der Waals surface area contributed by atoms with E-state index in [0.717, 1.165) is 46.5 Å². The Balaban J connectivity index is 0.900. The second kappa shape index (κ2) is 30.9. The van der Waals surface area contributed by atoms with Gasteiger partial charge < -0.3 is 38.8 Å². The molecule has 1 saturated heterocycles. The van der Waals surface area contributed by atoms with E-state index < -0.39 is 58.1 Å². The first kappa shape index (κ1) is 65.4. The van der Waals surface area contributed by atoms with Crippen LogP contribution < -0.4 is 24.3 Å². The Hall–Kier alpha value is -10.1. The fraction of sp³-hybridized carbons (Fsp3) is 0.296. The van der Waals surface area contributed by atoms with Gasteiger partial charge >= 0.3 is 11.9 Å². The van der Waals surface area contributed by atoms with Crippen LogP contribution in [0, 0.1) is 39.5 Å². The number of ketones is 1. The molecule has 0 spiro atoms. The van der Waals surface area contributed by atoms with Crippen LogP contribution in [0.3, 0.4) is 0 Å². The minimum absolute atomic E-state index is 0.00140. The Bertz CT molecular complexity index is 3600. The predicted octanol–water partition coefficient (Wildman–Crippen LogP) is 11.9. The SMILES string of the molecule is CC(C)[C@H]1C(=O)N2C(C(=O)OC(=O)c3ccc([N+](=O)[O-])cc3)=C(CN(C)CC(=O)N(CCCCC(=O)c3ccc(OCc4ccccc4)c(OCc4ccccc4)c3F)CCCNC(=O)c3ccc(OCc4ccccc4)c(OCc4ccccc4)c3F)[C@H](C)[C@H]12. The Labute approximate surface area is 526 Å². The molecule has 7 aromatic rings. The van der Waals surface area contributed by atoms with Crippen molar-refractivity contribution in [3.8, 4) is 23.0 Å². The molecule has 1 fully saturated rings. The summed E-state index contributed by atoms with van der Waals surface area (Å²) >= 11 is 0. The van der Waals surface area contributed by atoms with E-state index in [-0.39, 0.29) is 154 Å². The van der Waals surface area contributed by atoms with Crippen LogP contribution in [0.15, 0.2) is 181 Å². The maximum Gasteiger partial charge on any atom is 0.362 e. The summed E-state index contributed by atoms with van der Waals surface area (Å²) in [4.78, 5) is 98.6. The first-order valence-corrected chi connectivity index (χ1v) is 30.1. The van der Waals surface area contributed by atoms with Crippen molar-refractivity contribution < 1.29 is 66.2 Å². The summed E-state index contributed by atoms with van der Waals surface area (Å²) in [6, 6.07) is 46.7. The van der Waals surface area contributed by atoms with Crippen LogP contribution in [-0.4, -0.2) is 101 Å². The second-order valence-electron chi connectivity index (χ2n) is 22.8. The molecule has 0 unspecified atom stereocenters. The molecule has 0 aliphatic carbocycles. The van der Waals surface area contributed by atoms with Crippen molar-refractivity contribution in [3.05, 3.63) is 242 Å². The molecule has 91 heavy (non-hydrogen) atoms. The number of nitrogens with zero attached hydrogens (tertiary/aromatic N) is 4. The minimum atomic E-state index is -1.09. The third kappa shape index (κ3) is 16.4. The van der Waals surface area contributed by atoms with Crippen molar-refractivity contribution in [1.29, 1.82) is 0 Å². The molecule has 1 N–H and O–H groups in total. The zero-order valence-electron chi connectivity index (χ0n) is 51.0. The molecule has 7 aromatic carbocycles. The highest BCUT2D eigenvalue weighted by atomic mass is 19.1. The van der Waals surface area contributed by atoms with E-state index in [1.807, 2.05) is 142 Å². The molecular weight excluding hydrogens is 1170 g/mol. The lowest BCUT2D eigenvalue weighted by molar-refractivity contribution is -0.384. The normalized spacial score (nSPS) is 15.0. The number of carbonyl (C=O) groups excluding carboxylic acids is 6. The zero-order chi connectivity index (χ0) is 64.6. The number of ether oxygens (including phenoxy) is 5. The molecule has 18 nitrogen and oxygen atoms in total. The quantitative estimate of drug-likeness (QED) is 0.00814. The lowest BCUT2D eigenvalue weighted by atomic mass is 9.74. The fourth-order valence-electron chi connectivity index (χ4n) is 11.2. The number of hydrogen-bond donors (Lipinski definition) is 1. The average Bonchev–Trinajstić information content (AvgIpc) is 1.57. The Kier molecular flexibility index (Phi) is 22.2. The number of hydrogen-bond acceptors (Lipinski definition) is 14. The highest BCUT2D eigenvalue weighted by Crippen LogP contribution is 2.49. The summed E-state index contributed by atoms with van der Waals surface area (Å²) in [6.07, 6.45) is 0.623. The minimum Gasteiger partial charge on any atom is -0.485 e. The van der Waals surface area contributed by atoms with Gasteiger partial charge in [0.15, 0.2) is 40.4 Å². The van der Waals surface area contributed by atoms with Crippen LogP contribution in [0.4, 0.5) is 14.5 Å². The van der Waals surface area contributed by atoms with Crippen molar-refractivity contribution in [2.75, 3.05) is 39.8 Å². The van der Waals surface area contributed by atoms with E-state index in [0.29, 0.717) is 5.57 Å². The van der Waals surface area contributed by atoms with E-state index in [2.05, 4.69) is 5.32 Å². The van der Waals surface area contributed by atoms with E-state index in [1.54, 1.807) is 16.8 Å². The number of Topliss-reactive ketones (excluding diaryl/α,β-unsaturated/α-hetero) is 1. The maximum absolute atomic E-state index is 16.6. The van der Waals surface area contributed by atoms with Gasteiger partial charge in [-0.1, -0.05) is 142 Å². The molecule has 0 bridgehead atoms. The summed E-state index contributed by atoms with van der Waals surface area (Å²) in [7, 11) is 1.66. The molecule has 3 atom stereocenters. The number of benzene rings is 7. The van der Waals surface area contributed by atoms with Crippen LogP contribution in [0.1, 0.15) is 99.8 Å². The first-order valence-electron chi connectivity index (χ1n) is 30.1. The Morgan fingerprint density at radius 3 is 1.62 bits per heavy atom. The average molecular weight is 1240 g/mol. The Morgan fingerprint density at radius 1 is 0.626 bits per heavy atom. The number of esters is 2. The highest BCUT2D eigenvalue weighted by molar-refractivity contribution is 6.06. The van der Waals surface area contributed by atoms with Gasteiger partial charge in [0, 0.05) is 50.7 Å². The zero-order valence-corrected chi connectivity index (χ0v) is 51.0. The van der Waals surface area contributed by atoms with E-state index in [4.69, 9.17) is 23.7 Å². The topological polar surface area (TPSA) is 213 Å². The third-order valence-electron chi connectivity index (χ3n) is 16.0.